The smallest absolute Gasteiger partial charge is 0.365 e. The first-order chi connectivity index (χ1) is 15.6. The van der Waals surface area contributed by atoms with Gasteiger partial charge in [-0.15, -0.1) is 0 Å². The van der Waals surface area contributed by atoms with Gasteiger partial charge >= 0.3 is 12.4 Å². The summed E-state index contributed by atoms with van der Waals surface area (Å²) in [5.74, 6) is -1.44. The molecule has 2 atom stereocenters. The Morgan fingerprint density at radius 3 is 2.53 bits per heavy atom. The number of anilines is 2. The molecule has 1 aliphatic heterocycles. The third-order valence-corrected chi connectivity index (χ3v) is 6.00. The number of nitrogens with zero attached hydrogens (tertiary/aromatic N) is 3. The van der Waals surface area contributed by atoms with E-state index in [4.69, 9.17) is 9.52 Å². The van der Waals surface area contributed by atoms with Crippen LogP contribution in [0.15, 0.2) is 29.6 Å². The van der Waals surface area contributed by atoms with E-state index < -0.39 is 57.3 Å². The minimum absolute atomic E-state index is 0.0188. The lowest BCUT2D eigenvalue weighted by Gasteiger charge is -2.35. The summed E-state index contributed by atoms with van der Waals surface area (Å²) in [6, 6.07) is 2.38. The molecule has 2 aromatic rings. The molecular formula is C19H19F6N5O3S. The van der Waals surface area contributed by atoms with Gasteiger partial charge in [-0.2, -0.15) is 26.3 Å². The van der Waals surface area contributed by atoms with Crippen molar-refractivity contribution >= 4 is 27.1 Å². The molecule has 1 aliphatic rings. The van der Waals surface area contributed by atoms with Crippen LogP contribution in [0, 0.1) is 11.7 Å². The van der Waals surface area contributed by atoms with Gasteiger partial charge in [0.2, 0.25) is 0 Å². The number of hydrogen-bond donors (Lipinski definition) is 2. The van der Waals surface area contributed by atoms with Crippen LogP contribution >= 0.6 is 0 Å². The second-order valence-electron chi connectivity index (χ2n) is 7.52. The molecular weight excluding hydrogens is 492 g/mol. The number of hydrogen-bond acceptors (Lipinski definition) is 7. The number of aromatic nitrogens is 2. The zero-order valence-corrected chi connectivity index (χ0v) is 18.6. The monoisotopic (exact) mass is 511 g/mol. The maximum atomic E-state index is 13.5. The van der Waals surface area contributed by atoms with E-state index in [0.29, 0.717) is 6.20 Å². The van der Waals surface area contributed by atoms with Gasteiger partial charge in [0.05, 0.1) is 34.0 Å². The van der Waals surface area contributed by atoms with Crippen LogP contribution in [-0.2, 0) is 20.6 Å². The summed E-state index contributed by atoms with van der Waals surface area (Å²) in [7, 11) is -3.26. The van der Waals surface area contributed by atoms with Gasteiger partial charge in [0, 0.05) is 30.9 Å². The predicted molar refractivity (Wildman–Crippen MR) is 109 cm³/mol. The number of carbonyl (C=O) groups is 1. The van der Waals surface area contributed by atoms with Crippen molar-refractivity contribution in [1.29, 1.82) is 4.78 Å². The van der Waals surface area contributed by atoms with Crippen LogP contribution in [0.1, 0.15) is 21.5 Å². The maximum Gasteiger partial charge on any atom is 0.418 e. The Labute approximate surface area is 190 Å². The molecule has 0 aromatic carbocycles. The Kier molecular flexibility index (Phi) is 6.81. The zero-order chi connectivity index (χ0) is 25.5. The highest BCUT2D eigenvalue weighted by molar-refractivity contribution is 7.91. The topological polar surface area (TPSA) is 108 Å². The third-order valence-electron chi connectivity index (χ3n) is 4.97. The van der Waals surface area contributed by atoms with E-state index in [1.165, 1.54) is 6.07 Å². The number of halogens is 6. The van der Waals surface area contributed by atoms with Crippen LogP contribution in [0.2, 0.25) is 0 Å². The lowest BCUT2D eigenvalue weighted by Crippen LogP contribution is -2.50. The van der Waals surface area contributed by atoms with Crippen molar-refractivity contribution < 1.29 is 40.1 Å². The first-order valence-electron chi connectivity index (χ1n) is 9.60. The van der Waals surface area contributed by atoms with E-state index in [-0.39, 0.29) is 29.7 Å². The molecule has 8 nitrogen and oxygen atoms in total. The van der Waals surface area contributed by atoms with Gasteiger partial charge < -0.3 is 15.0 Å². The molecule has 2 aromatic heterocycles. The van der Waals surface area contributed by atoms with Crippen molar-refractivity contribution in [2.75, 3.05) is 36.2 Å². The Bertz CT molecular complexity index is 1200. The van der Waals surface area contributed by atoms with Gasteiger partial charge in [-0.05, 0) is 24.6 Å². The normalized spacial score (nSPS) is 18.9. The van der Waals surface area contributed by atoms with Gasteiger partial charge in [0.1, 0.15) is 10.8 Å². The highest BCUT2D eigenvalue weighted by Gasteiger charge is 2.44. The molecule has 34 heavy (non-hydrogen) atoms. The summed E-state index contributed by atoms with van der Waals surface area (Å²) in [6.45, 7) is -0.265. The number of rotatable bonds is 4. The molecule has 0 aliphatic carbocycles. The fourth-order valence-electron chi connectivity index (χ4n) is 3.32. The van der Waals surface area contributed by atoms with Crippen molar-refractivity contribution in [1.82, 2.24) is 9.97 Å². The summed E-state index contributed by atoms with van der Waals surface area (Å²) in [5, 5.41) is 2.16. The third kappa shape index (κ3) is 5.58. The lowest BCUT2D eigenvalue weighted by molar-refractivity contribution is -0.221. The van der Waals surface area contributed by atoms with Crippen molar-refractivity contribution in [3.8, 4) is 0 Å². The molecule has 2 N–H and O–H groups in total. The number of pyridine rings is 2. The molecule has 3 rings (SSSR count). The average molecular weight is 511 g/mol. The quantitative estimate of drug-likeness (QED) is 0.604. The van der Waals surface area contributed by atoms with Crippen molar-refractivity contribution in [2.45, 2.75) is 30.4 Å². The van der Waals surface area contributed by atoms with Crippen LogP contribution in [0.25, 0.3) is 0 Å². The van der Waals surface area contributed by atoms with Crippen LogP contribution in [-0.4, -0.2) is 58.3 Å². The molecule has 0 saturated carbocycles. The zero-order valence-electron chi connectivity index (χ0n) is 17.8. The summed E-state index contributed by atoms with van der Waals surface area (Å²) in [5.41, 5.74) is -2.34. The first-order valence-corrected chi connectivity index (χ1v) is 11.6. The number of morpholine rings is 1. The van der Waals surface area contributed by atoms with E-state index in [1.54, 1.807) is 0 Å². The van der Waals surface area contributed by atoms with E-state index >= 15 is 0 Å². The highest BCUT2D eigenvalue weighted by atomic mass is 32.2. The van der Waals surface area contributed by atoms with Crippen LogP contribution in [0.5, 0.6) is 0 Å². The number of alkyl halides is 6. The number of amides is 1. The molecule has 186 valence electrons. The van der Waals surface area contributed by atoms with Gasteiger partial charge in [-0.25, -0.2) is 19.0 Å². The lowest BCUT2D eigenvalue weighted by atomic mass is 10.0. The van der Waals surface area contributed by atoms with Crippen LogP contribution in [0.3, 0.4) is 0 Å². The molecule has 1 amide bonds. The molecule has 0 spiro atoms. The van der Waals surface area contributed by atoms with Crippen molar-refractivity contribution in [3.63, 3.8) is 0 Å². The summed E-state index contributed by atoms with van der Waals surface area (Å²) < 4.78 is 104. The summed E-state index contributed by atoms with van der Waals surface area (Å²) in [4.78, 5) is 21.6. The molecule has 1 saturated heterocycles. The minimum Gasteiger partial charge on any atom is -0.365 e. The van der Waals surface area contributed by atoms with Gasteiger partial charge in [0.25, 0.3) is 5.91 Å². The Morgan fingerprint density at radius 2 is 1.94 bits per heavy atom. The first kappa shape index (κ1) is 25.7. The minimum atomic E-state index is -4.87. The fraction of sp³-hybridized carbons (Fsp3) is 0.421. The largest absolute Gasteiger partial charge is 0.418 e. The van der Waals surface area contributed by atoms with E-state index in [2.05, 4.69) is 15.3 Å². The Morgan fingerprint density at radius 1 is 1.26 bits per heavy atom. The van der Waals surface area contributed by atoms with Gasteiger partial charge in [-0.1, -0.05) is 0 Å². The Hall–Kier alpha value is -2.94. The molecule has 0 radical (unpaired) electrons. The van der Waals surface area contributed by atoms with E-state index in [1.807, 2.05) is 0 Å². The average Bonchev–Trinajstić information content (AvgIpc) is 2.71. The number of ether oxygens (including phenoxy) is 1. The van der Waals surface area contributed by atoms with Gasteiger partial charge in [0.15, 0.2) is 6.10 Å². The number of carbonyl (C=O) groups excluding carboxylic acids is 1. The van der Waals surface area contributed by atoms with Crippen LogP contribution < -0.4 is 10.2 Å². The Balaban J connectivity index is 2.06. The highest BCUT2D eigenvalue weighted by Crippen LogP contribution is 2.37. The second-order valence-corrected chi connectivity index (χ2v) is 9.63. The van der Waals surface area contributed by atoms with Crippen molar-refractivity contribution in [2.24, 2.45) is 0 Å². The molecule has 0 bridgehead atoms. The number of nitrogens with one attached hydrogen (secondary N) is 2. The summed E-state index contributed by atoms with van der Waals surface area (Å²) in [6.07, 6.45) is -9.09. The molecule has 15 heteroatoms. The SMILES string of the molecule is Cc1c(C(F)(F)F)cnc(N2CCO[C@H](C(F)(F)F)C2)c1C(=O)Nc1ccnc(S(C)(=N)=O)c1. The predicted octanol–water partition coefficient (Wildman–Crippen LogP) is 3.86. The van der Waals surface area contributed by atoms with E-state index in [0.717, 1.165) is 30.3 Å². The van der Waals surface area contributed by atoms with Gasteiger partial charge in [-0.3, -0.25) is 4.79 Å². The summed E-state index contributed by atoms with van der Waals surface area (Å²) >= 11 is 0. The van der Waals surface area contributed by atoms with E-state index in [9.17, 15) is 35.3 Å². The molecule has 1 unspecified atom stereocenters. The molecule has 1 fully saturated rings. The molecule has 3 heterocycles. The maximum absolute atomic E-state index is 13.5. The standard InChI is InChI=1S/C19H19F6N5O3S/c1-10-12(18(20,21)22)8-28-16(30-5-6-33-13(9-30)19(23,24)25)15(10)17(31)29-11-3-4-27-14(7-11)34(2,26)32/h3-4,7-8,13,26H,5-6,9H2,1-2H3,(H,27,29,31)/t13-,34?/m0/s1. The fourth-order valence-corrected chi connectivity index (χ4v) is 3.93. The van der Waals surface area contributed by atoms with Crippen molar-refractivity contribution in [3.05, 3.63) is 41.2 Å². The second kappa shape index (κ2) is 9.02. The van der Waals surface area contributed by atoms with Crippen LogP contribution in [0.4, 0.5) is 37.8 Å².